The molecule has 2 aliphatic heterocycles. The van der Waals surface area contributed by atoms with Crippen LogP contribution in [-0.2, 0) is 15.3 Å². The van der Waals surface area contributed by atoms with Gasteiger partial charge in [0.05, 0.1) is 12.1 Å². The van der Waals surface area contributed by atoms with E-state index in [9.17, 15) is 9.59 Å². The Morgan fingerprint density at radius 3 is 2.77 bits per heavy atom. The van der Waals surface area contributed by atoms with Gasteiger partial charge in [0.15, 0.2) is 5.17 Å². The standard InChI is InChI=1S/C23H23ClN4O2S/c1-2-3-12-25-20(29)13-19-22(30)28-21(26-19)16-9-5-7-11-18(16)27-23(28)31-14-15-8-4-6-10-17(15)24/h4-11,19H,2-3,12-14H2,1H3,(H,25,29). The number of amidine groups is 2. The van der Waals surface area contributed by atoms with Gasteiger partial charge in [0.1, 0.15) is 11.9 Å². The third-order valence-electron chi connectivity index (χ3n) is 5.09. The van der Waals surface area contributed by atoms with Gasteiger partial charge in [0.2, 0.25) is 5.91 Å². The number of nitrogens with one attached hydrogen (secondary N) is 1. The first-order valence-corrected chi connectivity index (χ1v) is 11.7. The van der Waals surface area contributed by atoms with Gasteiger partial charge in [-0.1, -0.05) is 67.0 Å². The van der Waals surface area contributed by atoms with Crippen LogP contribution in [0.5, 0.6) is 0 Å². The van der Waals surface area contributed by atoms with E-state index in [1.165, 1.54) is 11.8 Å². The lowest BCUT2D eigenvalue weighted by atomic mass is 10.1. The summed E-state index contributed by atoms with van der Waals surface area (Å²) in [6, 6.07) is 14.5. The zero-order valence-corrected chi connectivity index (χ0v) is 18.7. The number of nitrogens with zero attached hydrogens (tertiary/aromatic N) is 3. The predicted octanol–water partition coefficient (Wildman–Crippen LogP) is 4.54. The molecule has 2 amide bonds. The Balaban J connectivity index is 1.57. The maximum atomic E-state index is 13.2. The second-order valence-electron chi connectivity index (χ2n) is 7.34. The van der Waals surface area contributed by atoms with Crippen LogP contribution in [0.2, 0.25) is 5.02 Å². The molecule has 0 saturated carbocycles. The van der Waals surface area contributed by atoms with Crippen LogP contribution in [0.3, 0.4) is 0 Å². The number of benzene rings is 2. The van der Waals surface area contributed by atoms with Gasteiger partial charge in [0, 0.05) is 22.9 Å². The van der Waals surface area contributed by atoms with Crippen LogP contribution in [-0.4, -0.2) is 40.3 Å². The lowest BCUT2D eigenvalue weighted by Gasteiger charge is -2.25. The maximum absolute atomic E-state index is 13.2. The van der Waals surface area contributed by atoms with Gasteiger partial charge < -0.3 is 5.32 Å². The third-order valence-corrected chi connectivity index (χ3v) is 6.45. The summed E-state index contributed by atoms with van der Waals surface area (Å²) in [4.78, 5) is 36.4. The van der Waals surface area contributed by atoms with Crippen LogP contribution in [0.1, 0.15) is 37.3 Å². The molecule has 0 bridgehead atoms. The number of para-hydroxylation sites is 1. The molecule has 2 aliphatic rings. The molecule has 4 rings (SSSR count). The van der Waals surface area contributed by atoms with E-state index in [0.29, 0.717) is 28.3 Å². The largest absolute Gasteiger partial charge is 0.356 e. The molecule has 8 heteroatoms. The Morgan fingerprint density at radius 2 is 1.97 bits per heavy atom. The summed E-state index contributed by atoms with van der Waals surface area (Å²) in [5.74, 6) is 0.746. The van der Waals surface area contributed by atoms with Crippen LogP contribution in [0.25, 0.3) is 0 Å². The van der Waals surface area contributed by atoms with E-state index in [0.717, 1.165) is 29.7 Å². The molecule has 160 valence electrons. The third kappa shape index (κ3) is 4.67. The molecule has 2 aromatic carbocycles. The minimum absolute atomic E-state index is 0.0349. The van der Waals surface area contributed by atoms with Crippen molar-refractivity contribution in [1.82, 2.24) is 10.2 Å². The van der Waals surface area contributed by atoms with Gasteiger partial charge in [-0.05, 0) is 30.2 Å². The minimum atomic E-state index is -0.742. The maximum Gasteiger partial charge on any atom is 0.259 e. The van der Waals surface area contributed by atoms with Crippen molar-refractivity contribution in [2.24, 2.45) is 9.98 Å². The predicted molar refractivity (Wildman–Crippen MR) is 126 cm³/mol. The number of hydrogen-bond acceptors (Lipinski definition) is 5. The molecule has 0 spiro atoms. The van der Waals surface area contributed by atoms with Gasteiger partial charge >= 0.3 is 0 Å². The summed E-state index contributed by atoms with van der Waals surface area (Å²) in [6.07, 6.45) is 1.94. The molecule has 1 N–H and O–H groups in total. The fourth-order valence-corrected chi connectivity index (χ4v) is 4.73. The van der Waals surface area contributed by atoms with Gasteiger partial charge in [-0.3, -0.25) is 14.6 Å². The number of hydrogen-bond donors (Lipinski definition) is 1. The quantitative estimate of drug-likeness (QED) is 0.624. The second-order valence-corrected chi connectivity index (χ2v) is 8.69. The summed E-state index contributed by atoms with van der Waals surface area (Å²) in [5.41, 5.74) is 2.53. The fraction of sp³-hybridized carbons (Fsp3) is 0.304. The van der Waals surface area contributed by atoms with Crippen molar-refractivity contribution in [2.75, 3.05) is 6.54 Å². The smallest absolute Gasteiger partial charge is 0.259 e. The number of rotatable bonds is 7. The Morgan fingerprint density at radius 1 is 1.19 bits per heavy atom. The van der Waals surface area contributed by atoms with E-state index in [-0.39, 0.29) is 18.2 Å². The Labute approximate surface area is 190 Å². The minimum Gasteiger partial charge on any atom is -0.356 e. The first-order chi connectivity index (χ1) is 15.1. The van der Waals surface area contributed by atoms with E-state index in [1.54, 1.807) is 4.90 Å². The molecule has 0 radical (unpaired) electrons. The average molecular weight is 455 g/mol. The first-order valence-electron chi connectivity index (χ1n) is 10.3. The van der Waals surface area contributed by atoms with Crippen LogP contribution < -0.4 is 5.32 Å². The molecule has 0 aliphatic carbocycles. The number of aliphatic imine (C=N–C) groups is 2. The highest BCUT2D eigenvalue weighted by molar-refractivity contribution is 8.13. The average Bonchev–Trinajstić information content (AvgIpc) is 3.09. The molecule has 0 aromatic heterocycles. The molecule has 1 atom stereocenters. The van der Waals surface area contributed by atoms with Crippen molar-refractivity contribution in [1.29, 1.82) is 0 Å². The van der Waals surface area contributed by atoms with Gasteiger partial charge in [-0.15, -0.1) is 0 Å². The lowest BCUT2D eigenvalue weighted by molar-refractivity contribution is -0.128. The molecule has 31 heavy (non-hydrogen) atoms. The van der Waals surface area contributed by atoms with Crippen LogP contribution in [0.4, 0.5) is 5.69 Å². The van der Waals surface area contributed by atoms with Crippen LogP contribution in [0.15, 0.2) is 58.5 Å². The SMILES string of the molecule is CCCCNC(=O)CC1N=C2c3ccccc3N=C(SCc3ccccc3Cl)N2C1=O. The monoisotopic (exact) mass is 454 g/mol. The van der Waals surface area contributed by atoms with E-state index < -0.39 is 6.04 Å². The van der Waals surface area contributed by atoms with Crippen molar-refractivity contribution in [3.63, 3.8) is 0 Å². The molecule has 0 fully saturated rings. The highest BCUT2D eigenvalue weighted by Gasteiger charge is 2.42. The number of unbranched alkanes of at least 4 members (excludes halogenated alkanes) is 1. The fourth-order valence-electron chi connectivity index (χ4n) is 3.44. The van der Waals surface area contributed by atoms with Crippen LogP contribution >= 0.6 is 23.4 Å². The zero-order chi connectivity index (χ0) is 21.8. The summed E-state index contributed by atoms with van der Waals surface area (Å²) in [7, 11) is 0. The molecular formula is C23H23ClN4O2S. The number of fused-ring (bicyclic) bond motifs is 3. The van der Waals surface area contributed by atoms with Crippen molar-refractivity contribution in [2.45, 2.75) is 38.0 Å². The summed E-state index contributed by atoms with van der Waals surface area (Å²) >= 11 is 7.73. The molecular weight excluding hydrogens is 432 g/mol. The van der Waals surface area contributed by atoms with Crippen molar-refractivity contribution >= 4 is 51.9 Å². The molecule has 1 unspecified atom stereocenters. The molecule has 6 nitrogen and oxygen atoms in total. The van der Waals surface area contributed by atoms with Crippen molar-refractivity contribution in [3.05, 3.63) is 64.7 Å². The van der Waals surface area contributed by atoms with E-state index in [2.05, 4.69) is 17.2 Å². The van der Waals surface area contributed by atoms with Gasteiger partial charge in [0.25, 0.3) is 5.91 Å². The number of amides is 2. The van der Waals surface area contributed by atoms with Crippen LogP contribution in [0, 0.1) is 0 Å². The lowest BCUT2D eigenvalue weighted by Crippen LogP contribution is -2.42. The zero-order valence-electron chi connectivity index (χ0n) is 17.2. The number of thioether (sulfide) groups is 1. The van der Waals surface area contributed by atoms with E-state index in [1.807, 2.05) is 48.5 Å². The van der Waals surface area contributed by atoms with Gasteiger partial charge in [-0.2, -0.15) is 0 Å². The summed E-state index contributed by atoms with van der Waals surface area (Å²) < 4.78 is 0. The summed E-state index contributed by atoms with van der Waals surface area (Å²) in [5, 5.41) is 4.09. The van der Waals surface area contributed by atoms with Crippen molar-refractivity contribution < 1.29 is 9.59 Å². The number of carbonyl (C=O) groups excluding carboxylic acids is 2. The molecule has 2 aromatic rings. The van der Waals surface area contributed by atoms with E-state index >= 15 is 0 Å². The molecule has 2 heterocycles. The highest BCUT2D eigenvalue weighted by Crippen LogP contribution is 2.35. The highest BCUT2D eigenvalue weighted by atomic mass is 35.5. The topological polar surface area (TPSA) is 74.1 Å². The normalized spacial score (nSPS) is 17.0. The number of halogens is 1. The van der Waals surface area contributed by atoms with Crippen molar-refractivity contribution in [3.8, 4) is 0 Å². The second kappa shape index (κ2) is 9.66. The Kier molecular flexibility index (Phi) is 6.73. The molecule has 0 saturated heterocycles. The van der Waals surface area contributed by atoms with Gasteiger partial charge in [-0.25, -0.2) is 9.89 Å². The first kappa shape index (κ1) is 21.6. The van der Waals surface area contributed by atoms with E-state index in [4.69, 9.17) is 16.6 Å². The Hall–Kier alpha value is -2.64. The summed E-state index contributed by atoms with van der Waals surface area (Å²) in [6.45, 7) is 2.68. The number of carbonyl (C=O) groups is 2. The Bertz CT molecular complexity index is 1070.